The second-order valence-electron chi connectivity index (χ2n) is 3.24. The Morgan fingerprint density at radius 2 is 1.88 bits per heavy atom. The fraction of sp³-hybridized carbons (Fsp3) is 0.0909. The molecule has 0 spiro atoms. The van der Waals surface area contributed by atoms with Gasteiger partial charge in [0.15, 0.2) is 0 Å². The molecule has 1 N–H and O–H groups in total. The molecule has 0 saturated carbocycles. The Hall–Kier alpha value is -0.780. The molecule has 1 heterocycles. The quantitative estimate of drug-likeness (QED) is 0.893. The van der Waals surface area contributed by atoms with E-state index in [0.29, 0.717) is 10.0 Å². The monoisotopic (exact) mass is 304 g/mol. The summed E-state index contributed by atoms with van der Waals surface area (Å²) in [6.45, 7) is 0. The molecule has 5 heteroatoms. The molecule has 0 fully saturated rings. The Morgan fingerprint density at radius 3 is 2.38 bits per heavy atom. The van der Waals surface area contributed by atoms with Crippen molar-refractivity contribution < 1.29 is 13.9 Å². The van der Waals surface area contributed by atoms with Crippen LogP contribution in [0, 0.1) is 11.6 Å². The molecule has 16 heavy (non-hydrogen) atoms. The van der Waals surface area contributed by atoms with Crippen LogP contribution >= 0.6 is 27.3 Å². The molecule has 2 aromatic rings. The second kappa shape index (κ2) is 4.61. The van der Waals surface area contributed by atoms with Crippen LogP contribution in [0.2, 0.25) is 0 Å². The summed E-state index contributed by atoms with van der Waals surface area (Å²) in [7, 11) is 0. The first-order chi connectivity index (χ1) is 7.59. The topological polar surface area (TPSA) is 20.2 Å². The predicted octanol–water partition coefficient (Wildman–Crippen LogP) is 3.87. The van der Waals surface area contributed by atoms with Gasteiger partial charge in [-0.2, -0.15) is 11.3 Å². The second-order valence-corrected chi connectivity index (χ2v) is 4.94. The van der Waals surface area contributed by atoms with E-state index in [1.165, 1.54) is 11.3 Å². The zero-order valence-electron chi connectivity index (χ0n) is 7.95. The molecular formula is C11H7BrF2OS. The number of aliphatic hydroxyl groups excluding tert-OH is 1. The molecule has 1 atom stereocenters. The smallest absolute Gasteiger partial charge is 0.133 e. The van der Waals surface area contributed by atoms with Crippen LogP contribution in [-0.4, -0.2) is 5.11 Å². The van der Waals surface area contributed by atoms with E-state index in [0.717, 1.165) is 12.1 Å². The zero-order chi connectivity index (χ0) is 11.7. The molecule has 1 aromatic heterocycles. The normalized spacial score (nSPS) is 12.8. The van der Waals surface area contributed by atoms with Crippen LogP contribution in [0.1, 0.15) is 17.2 Å². The Balaban J connectivity index is 2.48. The van der Waals surface area contributed by atoms with Crippen LogP contribution in [-0.2, 0) is 0 Å². The Kier molecular flexibility index (Phi) is 3.37. The van der Waals surface area contributed by atoms with Crippen LogP contribution in [0.5, 0.6) is 0 Å². The Morgan fingerprint density at radius 1 is 1.25 bits per heavy atom. The van der Waals surface area contributed by atoms with Crippen molar-refractivity contribution in [2.75, 3.05) is 0 Å². The standard InChI is InChI=1S/C11H7BrF2OS/c12-7-3-8(13)10(9(14)4-7)11(15)6-1-2-16-5-6/h1-5,11,15H. The maximum atomic E-state index is 13.5. The van der Waals surface area contributed by atoms with Gasteiger partial charge in [-0.3, -0.25) is 0 Å². The van der Waals surface area contributed by atoms with Crippen LogP contribution in [0.25, 0.3) is 0 Å². The summed E-state index contributed by atoms with van der Waals surface area (Å²) in [6, 6.07) is 3.90. The first-order valence-corrected chi connectivity index (χ1v) is 6.18. The van der Waals surface area contributed by atoms with Gasteiger partial charge in [0.2, 0.25) is 0 Å². The maximum absolute atomic E-state index is 13.5. The lowest BCUT2D eigenvalue weighted by atomic mass is 10.0. The van der Waals surface area contributed by atoms with Crippen molar-refractivity contribution in [3.63, 3.8) is 0 Å². The number of rotatable bonds is 2. The number of aliphatic hydroxyl groups is 1. The zero-order valence-corrected chi connectivity index (χ0v) is 10.4. The molecular weight excluding hydrogens is 298 g/mol. The molecule has 0 radical (unpaired) electrons. The van der Waals surface area contributed by atoms with Crippen LogP contribution in [0.15, 0.2) is 33.4 Å². The van der Waals surface area contributed by atoms with E-state index in [1.807, 2.05) is 0 Å². The third-order valence-corrected chi connectivity index (χ3v) is 3.34. The minimum atomic E-state index is -1.26. The minimum absolute atomic E-state index is 0.309. The third kappa shape index (κ3) is 2.16. The van der Waals surface area contributed by atoms with Gasteiger partial charge in [0.05, 0.1) is 5.56 Å². The SMILES string of the molecule is OC(c1ccsc1)c1c(F)cc(Br)cc1F. The summed E-state index contributed by atoms with van der Waals surface area (Å²) in [4.78, 5) is 0. The van der Waals surface area contributed by atoms with Crippen molar-refractivity contribution in [2.24, 2.45) is 0 Å². The summed E-state index contributed by atoms with van der Waals surface area (Å²) < 4.78 is 27.4. The molecule has 0 aliphatic heterocycles. The van der Waals surface area contributed by atoms with Crippen molar-refractivity contribution in [2.45, 2.75) is 6.10 Å². The molecule has 0 amide bonds. The number of benzene rings is 1. The van der Waals surface area contributed by atoms with Gasteiger partial charge in [0.1, 0.15) is 17.7 Å². The third-order valence-electron chi connectivity index (χ3n) is 2.18. The van der Waals surface area contributed by atoms with Crippen molar-refractivity contribution in [1.82, 2.24) is 0 Å². The summed E-state index contributed by atoms with van der Waals surface area (Å²) in [5, 5.41) is 13.2. The highest BCUT2D eigenvalue weighted by Gasteiger charge is 2.20. The van der Waals surface area contributed by atoms with E-state index in [9.17, 15) is 13.9 Å². The molecule has 2 rings (SSSR count). The molecule has 84 valence electrons. The number of hydrogen-bond donors (Lipinski definition) is 1. The Bertz CT molecular complexity index is 476. The number of halogens is 3. The van der Waals surface area contributed by atoms with E-state index in [4.69, 9.17) is 0 Å². The van der Waals surface area contributed by atoms with Gasteiger partial charge >= 0.3 is 0 Å². The Labute approximate surface area is 103 Å². The van der Waals surface area contributed by atoms with Crippen LogP contribution in [0.3, 0.4) is 0 Å². The van der Waals surface area contributed by atoms with Gasteiger partial charge in [-0.05, 0) is 34.5 Å². The van der Waals surface area contributed by atoms with E-state index in [2.05, 4.69) is 15.9 Å². The van der Waals surface area contributed by atoms with Gasteiger partial charge in [0, 0.05) is 4.47 Å². The highest BCUT2D eigenvalue weighted by molar-refractivity contribution is 9.10. The van der Waals surface area contributed by atoms with E-state index in [-0.39, 0.29) is 5.56 Å². The van der Waals surface area contributed by atoms with E-state index in [1.54, 1.807) is 16.8 Å². The largest absolute Gasteiger partial charge is 0.383 e. The molecule has 1 nitrogen and oxygen atoms in total. The molecule has 1 aromatic carbocycles. The molecule has 0 aliphatic carbocycles. The van der Waals surface area contributed by atoms with Crippen molar-refractivity contribution in [1.29, 1.82) is 0 Å². The lowest BCUT2D eigenvalue weighted by Gasteiger charge is -2.11. The fourth-order valence-electron chi connectivity index (χ4n) is 1.41. The van der Waals surface area contributed by atoms with Crippen LogP contribution < -0.4 is 0 Å². The highest BCUT2D eigenvalue weighted by atomic mass is 79.9. The van der Waals surface area contributed by atoms with Crippen molar-refractivity contribution in [3.8, 4) is 0 Å². The van der Waals surface area contributed by atoms with Gasteiger partial charge in [0.25, 0.3) is 0 Å². The van der Waals surface area contributed by atoms with E-state index < -0.39 is 17.7 Å². The first-order valence-electron chi connectivity index (χ1n) is 4.44. The van der Waals surface area contributed by atoms with E-state index >= 15 is 0 Å². The summed E-state index contributed by atoms with van der Waals surface area (Å²) in [5.74, 6) is -1.52. The molecule has 0 aliphatic rings. The van der Waals surface area contributed by atoms with Gasteiger partial charge < -0.3 is 5.11 Å². The van der Waals surface area contributed by atoms with Gasteiger partial charge in [-0.25, -0.2) is 8.78 Å². The van der Waals surface area contributed by atoms with Crippen LogP contribution in [0.4, 0.5) is 8.78 Å². The summed E-state index contributed by atoms with van der Waals surface area (Å²) in [6.07, 6.45) is -1.26. The lowest BCUT2D eigenvalue weighted by molar-refractivity contribution is 0.209. The van der Waals surface area contributed by atoms with Gasteiger partial charge in [-0.1, -0.05) is 15.9 Å². The number of thiophene rings is 1. The lowest BCUT2D eigenvalue weighted by Crippen LogP contribution is -2.04. The minimum Gasteiger partial charge on any atom is -0.383 e. The predicted molar refractivity (Wildman–Crippen MR) is 62.4 cm³/mol. The number of hydrogen-bond acceptors (Lipinski definition) is 2. The average Bonchev–Trinajstić information content (AvgIpc) is 2.67. The molecule has 1 unspecified atom stereocenters. The highest BCUT2D eigenvalue weighted by Crippen LogP contribution is 2.30. The summed E-state index contributed by atoms with van der Waals surface area (Å²) in [5.41, 5.74) is 0.173. The average molecular weight is 305 g/mol. The fourth-order valence-corrected chi connectivity index (χ4v) is 2.49. The molecule has 0 saturated heterocycles. The molecule has 0 bridgehead atoms. The maximum Gasteiger partial charge on any atom is 0.133 e. The summed E-state index contributed by atoms with van der Waals surface area (Å²) >= 11 is 4.35. The van der Waals surface area contributed by atoms with Gasteiger partial charge in [-0.15, -0.1) is 0 Å². The van der Waals surface area contributed by atoms with Crippen molar-refractivity contribution in [3.05, 3.63) is 56.2 Å². The van der Waals surface area contributed by atoms with Crippen molar-refractivity contribution >= 4 is 27.3 Å². The first kappa shape index (κ1) is 11.7.